The summed E-state index contributed by atoms with van der Waals surface area (Å²) in [5.41, 5.74) is 2.37. The van der Waals surface area contributed by atoms with Crippen molar-refractivity contribution in [3.05, 3.63) is 98.2 Å². The molecule has 0 spiro atoms. The Morgan fingerprint density at radius 2 is 1.53 bits per heavy atom. The largest absolute Gasteiger partial charge is 0.452 e. The maximum Gasteiger partial charge on any atom is 0.313 e. The normalized spacial score (nSPS) is 12.8. The molecule has 0 saturated carbocycles. The molecule has 5 rings (SSSR count). The van der Waals surface area contributed by atoms with Gasteiger partial charge in [0.25, 0.3) is 11.8 Å². The SMILES string of the molecule is Cc1cc(C)c2c(=O)c(OC(=O)CCN3C(=O)c4ccccc4C3=O)c(-c3ccccc3Cl)oc2c1. The predicted octanol–water partition coefficient (Wildman–Crippen LogP) is 5.32. The number of ether oxygens (including phenoxy) is 1. The van der Waals surface area contributed by atoms with Crippen LogP contribution in [0.2, 0.25) is 5.02 Å². The smallest absolute Gasteiger partial charge is 0.313 e. The van der Waals surface area contributed by atoms with Crippen LogP contribution < -0.4 is 10.2 Å². The van der Waals surface area contributed by atoms with Crippen LogP contribution >= 0.6 is 11.6 Å². The van der Waals surface area contributed by atoms with E-state index in [-0.39, 0.29) is 35.6 Å². The molecule has 0 fully saturated rings. The molecule has 4 aromatic rings. The predicted molar refractivity (Wildman–Crippen MR) is 134 cm³/mol. The van der Waals surface area contributed by atoms with Gasteiger partial charge in [0, 0.05) is 12.1 Å². The van der Waals surface area contributed by atoms with Crippen molar-refractivity contribution in [2.75, 3.05) is 6.54 Å². The number of benzene rings is 3. The van der Waals surface area contributed by atoms with Crippen LogP contribution in [0.15, 0.2) is 69.9 Å². The Balaban J connectivity index is 1.49. The van der Waals surface area contributed by atoms with Gasteiger partial charge in [-0.15, -0.1) is 0 Å². The van der Waals surface area contributed by atoms with E-state index in [4.69, 9.17) is 20.8 Å². The lowest BCUT2D eigenvalue weighted by molar-refractivity contribution is -0.134. The van der Waals surface area contributed by atoms with Crippen molar-refractivity contribution in [3.63, 3.8) is 0 Å². The van der Waals surface area contributed by atoms with Crippen LogP contribution in [0.1, 0.15) is 38.3 Å². The van der Waals surface area contributed by atoms with Gasteiger partial charge in [0.2, 0.25) is 11.2 Å². The second kappa shape index (κ2) is 9.09. The zero-order valence-electron chi connectivity index (χ0n) is 19.5. The van der Waals surface area contributed by atoms with Crippen molar-refractivity contribution in [2.45, 2.75) is 20.3 Å². The van der Waals surface area contributed by atoms with Gasteiger partial charge >= 0.3 is 5.97 Å². The van der Waals surface area contributed by atoms with E-state index in [1.54, 1.807) is 61.5 Å². The molecule has 7 nitrogen and oxygen atoms in total. The lowest BCUT2D eigenvalue weighted by Crippen LogP contribution is -2.32. The maximum absolute atomic E-state index is 13.5. The van der Waals surface area contributed by atoms with Gasteiger partial charge in [-0.3, -0.25) is 24.1 Å². The third-order valence-electron chi connectivity index (χ3n) is 6.05. The second-order valence-corrected chi connectivity index (χ2v) is 8.96. The Hall–Kier alpha value is -4.23. The minimum Gasteiger partial charge on any atom is -0.452 e. The molecule has 3 aromatic carbocycles. The molecular weight excluding hydrogens is 482 g/mol. The van der Waals surface area contributed by atoms with E-state index in [1.165, 1.54) is 0 Å². The van der Waals surface area contributed by atoms with Gasteiger partial charge in [-0.1, -0.05) is 41.9 Å². The van der Waals surface area contributed by atoms with Gasteiger partial charge in [0.15, 0.2) is 5.76 Å². The molecule has 8 heteroatoms. The summed E-state index contributed by atoms with van der Waals surface area (Å²) in [5.74, 6) is -2.02. The molecule has 1 aliphatic heterocycles. The molecule has 2 amide bonds. The Morgan fingerprint density at radius 3 is 2.17 bits per heavy atom. The van der Waals surface area contributed by atoms with Crippen LogP contribution in [0.4, 0.5) is 0 Å². The number of esters is 1. The molecule has 0 radical (unpaired) electrons. The van der Waals surface area contributed by atoms with Gasteiger partial charge in [0.1, 0.15) is 5.58 Å². The standard InChI is InChI=1S/C28H20ClNO6/c1-15-13-16(2)23-21(14-15)35-25(19-9-5-6-10-20(19)29)26(24(23)32)36-22(31)11-12-30-27(33)17-7-3-4-8-18(17)28(30)34/h3-10,13-14H,11-12H2,1-2H3. The van der Waals surface area contributed by atoms with E-state index in [2.05, 4.69) is 0 Å². The molecule has 1 aromatic heterocycles. The number of imide groups is 1. The highest BCUT2D eigenvalue weighted by Gasteiger charge is 2.35. The number of rotatable bonds is 5. The number of carbonyl (C=O) groups excluding carboxylic acids is 3. The third kappa shape index (κ3) is 3.97. The third-order valence-corrected chi connectivity index (χ3v) is 6.38. The van der Waals surface area contributed by atoms with E-state index in [0.29, 0.717) is 27.1 Å². The Bertz CT molecular complexity index is 1600. The summed E-state index contributed by atoms with van der Waals surface area (Å²) in [4.78, 5) is 52.6. The molecule has 0 N–H and O–H groups in total. The average Bonchev–Trinajstić information content (AvgIpc) is 3.09. The summed E-state index contributed by atoms with van der Waals surface area (Å²) in [6, 6.07) is 16.8. The van der Waals surface area contributed by atoms with Gasteiger partial charge in [0.05, 0.1) is 28.0 Å². The molecule has 2 heterocycles. The number of hydrogen-bond acceptors (Lipinski definition) is 6. The minimum atomic E-state index is -0.795. The molecule has 0 saturated heterocycles. The maximum atomic E-state index is 13.5. The van der Waals surface area contributed by atoms with Gasteiger partial charge in [-0.05, 0) is 55.3 Å². The lowest BCUT2D eigenvalue weighted by atomic mass is 10.0. The van der Waals surface area contributed by atoms with E-state index in [9.17, 15) is 19.2 Å². The fourth-order valence-corrected chi connectivity index (χ4v) is 4.62. The molecule has 0 atom stereocenters. The number of aryl methyl sites for hydroxylation is 2. The van der Waals surface area contributed by atoms with Crippen LogP contribution in [0, 0.1) is 13.8 Å². The van der Waals surface area contributed by atoms with Crippen LogP contribution in [0.5, 0.6) is 5.75 Å². The van der Waals surface area contributed by atoms with Crippen LogP contribution in [0.25, 0.3) is 22.3 Å². The number of halogens is 1. The molecule has 1 aliphatic rings. The van der Waals surface area contributed by atoms with E-state index >= 15 is 0 Å². The quantitative estimate of drug-likeness (QED) is 0.271. The van der Waals surface area contributed by atoms with Crippen LogP contribution in [-0.4, -0.2) is 29.2 Å². The highest BCUT2D eigenvalue weighted by atomic mass is 35.5. The molecule has 180 valence electrons. The highest BCUT2D eigenvalue weighted by Crippen LogP contribution is 2.36. The number of carbonyl (C=O) groups is 3. The van der Waals surface area contributed by atoms with E-state index in [1.807, 2.05) is 13.0 Å². The first-order chi connectivity index (χ1) is 17.3. The summed E-state index contributed by atoms with van der Waals surface area (Å²) in [7, 11) is 0. The van der Waals surface area contributed by atoms with Gasteiger partial charge in [-0.25, -0.2) is 0 Å². The van der Waals surface area contributed by atoms with Crippen LogP contribution in [-0.2, 0) is 4.79 Å². The summed E-state index contributed by atoms with van der Waals surface area (Å²) >= 11 is 6.37. The zero-order valence-corrected chi connectivity index (χ0v) is 20.2. The fraction of sp³-hybridized carbons (Fsp3) is 0.143. The van der Waals surface area contributed by atoms with Crippen molar-refractivity contribution >= 4 is 40.4 Å². The fourth-order valence-electron chi connectivity index (χ4n) is 4.40. The summed E-state index contributed by atoms with van der Waals surface area (Å²) in [6.07, 6.45) is -0.308. The molecular formula is C28H20ClNO6. The Kier molecular flexibility index (Phi) is 5.94. The first kappa shape index (κ1) is 23.5. The number of hydrogen-bond donors (Lipinski definition) is 0. The summed E-state index contributed by atoms with van der Waals surface area (Å²) in [6.45, 7) is 3.47. The number of amides is 2. The van der Waals surface area contributed by atoms with Crippen molar-refractivity contribution in [2.24, 2.45) is 0 Å². The van der Waals surface area contributed by atoms with Gasteiger partial charge in [-0.2, -0.15) is 0 Å². The Morgan fingerprint density at radius 1 is 0.917 bits per heavy atom. The number of fused-ring (bicyclic) bond motifs is 2. The second-order valence-electron chi connectivity index (χ2n) is 8.56. The first-order valence-corrected chi connectivity index (χ1v) is 11.6. The molecule has 36 heavy (non-hydrogen) atoms. The summed E-state index contributed by atoms with van der Waals surface area (Å²) in [5, 5.41) is 0.604. The van der Waals surface area contributed by atoms with Crippen molar-refractivity contribution < 1.29 is 23.5 Å². The van der Waals surface area contributed by atoms with E-state index < -0.39 is 23.2 Å². The van der Waals surface area contributed by atoms with Crippen molar-refractivity contribution in [3.8, 4) is 17.1 Å². The zero-order chi connectivity index (χ0) is 25.6. The lowest BCUT2D eigenvalue weighted by Gasteiger charge is -2.15. The topological polar surface area (TPSA) is 93.9 Å². The molecule has 0 unspecified atom stereocenters. The highest BCUT2D eigenvalue weighted by molar-refractivity contribution is 6.33. The first-order valence-electron chi connectivity index (χ1n) is 11.2. The Labute approximate surface area is 210 Å². The summed E-state index contributed by atoms with van der Waals surface area (Å²) < 4.78 is 11.6. The van der Waals surface area contributed by atoms with Crippen molar-refractivity contribution in [1.29, 1.82) is 0 Å². The minimum absolute atomic E-state index is 0.0252. The number of nitrogens with zero attached hydrogens (tertiary/aromatic N) is 1. The van der Waals surface area contributed by atoms with Gasteiger partial charge < -0.3 is 9.15 Å². The average molecular weight is 502 g/mol. The van der Waals surface area contributed by atoms with Crippen LogP contribution in [0.3, 0.4) is 0 Å². The van der Waals surface area contributed by atoms with E-state index in [0.717, 1.165) is 10.5 Å². The molecule has 0 bridgehead atoms. The van der Waals surface area contributed by atoms with Crippen molar-refractivity contribution in [1.82, 2.24) is 4.90 Å². The monoisotopic (exact) mass is 501 g/mol. The molecule has 0 aliphatic carbocycles.